The van der Waals surface area contributed by atoms with Crippen molar-refractivity contribution < 1.29 is 8.53 Å². The Bertz CT molecular complexity index is 1660. The standard InChI is InChI=1S/C32H39N3O2/c1-20-11-9-14-27(22(20)3)26-13-10-12-25(19-26)23(4)34-17-18-35(32(6,7)24(34)5)28-16-15-21(2)29-30(28)37-31(36)33(29)8/h9-16,19,23-24H,17-18H2,1-8H3/i9D,11D,14D. The Kier molecular flexibility index (Phi) is 5.42. The maximum absolute atomic E-state index is 12.4. The lowest BCUT2D eigenvalue weighted by atomic mass is 9.86. The number of oxazole rings is 1. The number of aryl methyl sites for hydroxylation is 2. The summed E-state index contributed by atoms with van der Waals surface area (Å²) in [5.41, 5.74) is 7.62. The second-order valence-electron chi connectivity index (χ2n) is 11.0. The highest BCUT2D eigenvalue weighted by Crippen LogP contribution is 2.40. The van der Waals surface area contributed by atoms with Crippen molar-refractivity contribution in [1.82, 2.24) is 9.47 Å². The average molecular weight is 501 g/mol. The highest BCUT2D eigenvalue weighted by Gasteiger charge is 2.43. The van der Waals surface area contributed by atoms with Crippen LogP contribution in [-0.4, -0.2) is 34.1 Å². The summed E-state index contributed by atoms with van der Waals surface area (Å²) in [6, 6.07) is 12.9. The van der Waals surface area contributed by atoms with Crippen LogP contribution in [-0.2, 0) is 7.05 Å². The number of hydrogen-bond donors (Lipinski definition) is 0. The molecule has 1 aliphatic heterocycles. The molecule has 0 aliphatic carbocycles. The highest BCUT2D eigenvalue weighted by atomic mass is 16.4. The molecule has 4 aromatic rings. The average Bonchev–Trinajstić information content (AvgIpc) is 3.23. The van der Waals surface area contributed by atoms with Gasteiger partial charge in [0.15, 0.2) is 5.58 Å². The zero-order chi connectivity index (χ0) is 29.3. The van der Waals surface area contributed by atoms with E-state index in [1.54, 1.807) is 11.6 Å². The van der Waals surface area contributed by atoms with E-state index in [4.69, 9.17) is 8.53 Å². The molecule has 2 unspecified atom stereocenters. The van der Waals surface area contributed by atoms with Gasteiger partial charge >= 0.3 is 5.76 Å². The van der Waals surface area contributed by atoms with Gasteiger partial charge in [-0.25, -0.2) is 4.79 Å². The normalized spacial score (nSPS) is 20.1. The number of anilines is 1. The lowest BCUT2D eigenvalue weighted by Crippen LogP contribution is -2.65. The lowest BCUT2D eigenvalue weighted by molar-refractivity contribution is 0.0747. The van der Waals surface area contributed by atoms with Crippen molar-refractivity contribution in [1.29, 1.82) is 0 Å². The first-order valence-corrected chi connectivity index (χ1v) is 13.1. The summed E-state index contributed by atoms with van der Waals surface area (Å²) in [6.07, 6.45) is 0. The van der Waals surface area contributed by atoms with Crippen LogP contribution >= 0.6 is 0 Å². The smallest absolute Gasteiger partial charge is 0.405 e. The van der Waals surface area contributed by atoms with Crippen LogP contribution in [0.1, 0.15) is 60.1 Å². The van der Waals surface area contributed by atoms with E-state index in [0.717, 1.165) is 57.7 Å². The van der Waals surface area contributed by atoms with Crippen molar-refractivity contribution in [3.63, 3.8) is 0 Å². The van der Waals surface area contributed by atoms with Crippen LogP contribution in [0, 0.1) is 20.8 Å². The summed E-state index contributed by atoms with van der Waals surface area (Å²) in [6.45, 7) is 16.4. The fourth-order valence-electron chi connectivity index (χ4n) is 5.92. The van der Waals surface area contributed by atoms with Gasteiger partial charge in [-0.2, -0.15) is 0 Å². The zero-order valence-corrected chi connectivity index (χ0v) is 23.2. The predicted octanol–water partition coefficient (Wildman–Crippen LogP) is 6.77. The minimum absolute atomic E-state index is 0.0255. The molecular formula is C32H39N3O2. The van der Waals surface area contributed by atoms with Crippen LogP contribution in [0.3, 0.4) is 0 Å². The number of nitrogens with zero attached hydrogens (tertiary/aromatic N) is 3. The zero-order valence-electron chi connectivity index (χ0n) is 26.2. The van der Waals surface area contributed by atoms with Gasteiger partial charge in [-0.15, -0.1) is 0 Å². The van der Waals surface area contributed by atoms with Crippen LogP contribution in [0.2, 0.25) is 0 Å². The van der Waals surface area contributed by atoms with Crippen molar-refractivity contribution in [2.24, 2.45) is 7.05 Å². The molecule has 1 saturated heterocycles. The maximum Gasteiger partial charge on any atom is 0.419 e. The summed E-state index contributed by atoms with van der Waals surface area (Å²) < 4.78 is 32.4. The van der Waals surface area contributed by atoms with Crippen molar-refractivity contribution in [2.45, 2.75) is 66.1 Å². The van der Waals surface area contributed by atoms with Gasteiger partial charge in [-0.3, -0.25) is 9.47 Å². The molecule has 3 aromatic carbocycles. The van der Waals surface area contributed by atoms with Crippen molar-refractivity contribution >= 4 is 16.8 Å². The van der Waals surface area contributed by atoms with E-state index in [-0.39, 0.29) is 41.5 Å². The van der Waals surface area contributed by atoms with Gasteiger partial charge in [0.05, 0.1) is 15.3 Å². The van der Waals surface area contributed by atoms with E-state index in [2.05, 4.69) is 61.8 Å². The molecule has 0 radical (unpaired) electrons. The topological polar surface area (TPSA) is 41.6 Å². The number of aromatic nitrogens is 1. The molecular weight excluding hydrogens is 458 g/mol. The third kappa shape index (κ3) is 4.10. The molecule has 37 heavy (non-hydrogen) atoms. The Balaban J connectivity index is 1.49. The van der Waals surface area contributed by atoms with Crippen LogP contribution in [0.5, 0.6) is 0 Å². The predicted molar refractivity (Wildman–Crippen MR) is 154 cm³/mol. The van der Waals surface area contributed by atoms with Gasteiger partial charge < -0.3 is 9.32 Å². The fraction of sp³-hybridized carbons (Fsp3) is 0.406. The molecule has 5 rings (SSSR count). The summed E-state index contributed by atoms with van der Waals surface area (Å²) in [5, 5.41) is 0. The number of fused-ring (bicyclic) bond motifs is 1. The number of rotatable bonds is 4. The number of hydrogen-bond acceptors (Lipinski definition) is 4. The van der Waals surface area contributed by atoms with E-state index in [1.807, 2.05) is 32.9 Å². The molecule has 0 bridgehead atoms. The van der Waals surface area contributed by atoms with Crippen LogP contribution in [0.15, 0.2) is 63.7 Å². The third-order valence-electron chi connectivity index (χ3n) is 8.73. The van der Waals surface area contributed by atoms with Crippen molar-refractivity contribution in [3.05, 3.63) is 87.3 Å². The largest absolute Gasteiger partial charge is 0.419 e. The van der Waals surface area contributed by atoms with Gasteiger partial charge in [-0.05, 0) is 94.0 Å². The minimum atomic E-state index is -0.347. The van der Waals surface area contributed by atoms with Gasteiger partial charge in [0, 0.05) is 37.8 Å². The van der Waals surface area contributed by atoms with E-state index in [9.17, 15) is 4.79 Å². The Morgan fingerprint density at radius 3 is 2.59 bits per heavy atom. The Labute approximate surface area is 224 Å². The molecule has 0 spiro atoms. The van der Waals surface area contributed by atoms with Crippen LogP contribution < -0.4 is 10.7 Å². The Morgan fingerprint density at radius 2 is 1.84 bits per heavy atom. The van der Waals surface area contributed by atoms with E-state index in [1.165, 1.54) is 0 Å². The maximum atomic E-state index is 12.4. The molecule has 1 fully saturated rings. The first-order valence-electron chi connectivity index (χ1n) is 14.6. The van der Waals surface area contributed by atoms with Gasteiger partial charge in [0.25, 0.3) is 0 Å². The number of benzene rings is 3. The summed E-state index contributed by atoms with van der Waals surface area (Å²) in [7, 11) is 1.76. The molecule has 2 heterocycles. The SMILES string of the molecule is [2H]c1c([2H])c(C)c(C)c(-c2cccc(C(C)N3CCN(c4ccc(C)c5c4oc(=O)n5C)C(C)(C)C3C)c2)c1[2H]. The lowest BCUT2D eigenvalue weighted by Gasteiger charge is -2.54. The molecule has 0 N–H and O–H groups in total. The minimum Gasteiger partial charge on any atom is -0.405 e. The van der Waals surface area contributed by atoms with Crippen molar-refractivity contribution in [2.75, 3.05) is 18.0 Å². The van der Waals surface area contributed by atoms with Gasteiger partial charge in [-0.1, -0.05) is 42.4 Å². The summed E-state index contributed by atoms with van der Waals surface area (Å²) in [5.74, 6) is -0.347. The molecule has 0 saturated carbocycles. The molecule has 1 aromatic heterocycles. The van der Waals surface area contributed by atoms with E-state index in [0.29, 0.717) is 5.58 Å². The van der Waals surface area contributed by atoms with Gasteiger partial charge in [0.1, 0.15) is 0 Å². The van der Waals surface area contributed by atoms with Gasteiger partial charge in [0.2, 0.25) is 0 Å². The fourth-order valence-corrected chi connectivity index (χ4v) is 5.92. The quantitative estimate of drug-likeness (QED) is 0.310. The van der Waals surface area contributed by atoms with E-state index >= 15 is 0 Å². The second kappa shape index (κ2) is 9.21. The van der Waals surface area contributed by atoms with Crippen LogP contribution in [0.25, 0.3) is 22.2 Å². The Morgan fingerprint density at radius 1 is 1.08 bits per heavy atom. The molecule has 194 valence electrons. The van der Waals surface area contributed by atoms with Crippen LogP contribution in [0.4, 0.5) is 5.69 Å². The monoisotopic (exact) mass is 500 g/mol. The summed E-state index contributed by atoms with van der Waals surface area (Å²) >= 11 is 0. The van der Waals surface area contributed by atoms with E-state index < -0.39 is 0 Å². The summed E-state index contributed by atoms with van der Waals surface area (Å²) in [4.78, 5) is 17.3. The first-order chi connectivity index (χ1) is 18.8. The highest BCUT2D eigenvalue weighted by molar-refractivity contribution is 5.90. The molecule has 0 amide bonds. The molecule has 5 heteroatoms. The molecule has 2 atom stereocenters. The third-order valence-corrected chi connectivity index (χ3v) is 8.73. The number of piperazine rings is 1. The molecule has 5 nitrogen and oxygen atoms in total. The first kappa shape index (κ1) is 21.7. The van der Waals surface area contributed by atoms with Crippen molar-refractivity contribution in [3.8, 4) is 11.1 Å². The Hall–Kier alpha value is -3.31. The molecule has 1 aliphatic rings. The second-order valence-corrected chi connectivity index (χ2v) is 11.0.